The Bertz CT molecular complexity index is 557. The maximum absolute atomic E-state index is 5.63. The smallest absolute Gasteiger partial charge is 0.159 e. The molecule has 4 heteroatoms. The zero-order valence-electron chi connectivity index (χ0n) is 9.95. The predicted octanol–water partition coefficient (Wildman–Crippen LogP) is 4.57. The minimum Gasteiger partial charge on any atom is -0.494 e. The minimum absolute atomic E-state index is 0.755. The SMILES string of the molecule is CCCOc1cccc(-c2sc(=S)[nH]c2C)c1. The molecule has 0 amide bonds. The first kappa shape index (κ1) is 12.3. The fourth-order valence-corrected chi connectivity index (χ4v) is 2.87. The van der Waals surface area contributed by atoms with Crippen LogP contribution in [-0.2, 0) is 0 Å². The Morgan fingerprint density at radius 3 is 2.88 bits per heavy atom. The first-order valence-corrected chi connectivity index (χ1v) is 6.86. The summed E-state index contributed by atoms with van der Waals surface area (Å²) >= 11 is 6.76. The van der Waals surface area contributed by atoms with Crippen LogP contribution in [-0.4, -0.2) is 11.6 Å². The third-order valence-corrected chi connectivity index (χ3v) is 3.78. The van der Waals surface area contributed by atoms with Crippen molar-refractivity contribution in [1.29, 1.82) is 0 Å². The van der Waals surface area contributed by atoms with Crippen LogP contribution >= 0.6 is 23.6 Å². The van der Waals surface area contributed by atoms with Crippen LogP contribution in [0.1, 0.15) is 19.0 Å². The molecule has 0 aliphatic heterocycles. The Balaban J connectivity index is 2.32. The van der Waals surface area contributed by atoms with Gasteiger partial charge in [0.15, 0.2) is 3.95 Å². The number of rotatable bonds is 4. The molecule has 0 saturated heterocycles. The van der Waals surface area contributed by atoms with Crippen molar-refractivity contribution in [2.45, 2.75) is 20.3 Å². The Labute approximate surface area is 110 Å². The number of aromatic amines is 1. The Morgan fingerprint density at radius 2 is 2.24 bits per heavy atom. The van der Waals surface area contributed by atoms with E-state index in [9.17, 15) is 0 Å². The van der Waals surface area contributed by atoms with Crippen LogP contribution < -0.4 is 4.74 Å². The second kappa shape index (κ2) is 5.47. The molecule has 0 radical (unpaired) electrons. The lowest BCUT2D eigenvalue weighted by Crippen LogP contribution is -1.94. The normalized spacial score (nSPS) is 10.5. The summed E-state index contributed by atoms with van der Waals surface area (Å²) in [7, 11) is 0. The lowest BCUT2D eigenvalue weighted by atomic mass is 10.1. The summed E-state index contributed by atoms with van der Waals surface area (Å²) < 4.78 is 6.45. The number of aryl methyl sites for hydroxylation is 1. The van der Waals surface area contributed by atoms with E-state index in [1.807, 2.05) is 19.1 Å². The highest BCUT2D eigenvalue weighted by molar-refractivity contribution is 7.73. The first-order chi connectivity index (χ1) is 8.20. The van der Waals surface area contributed by atoms with E-state index in [4.69, 9.17) is 17.0 Å². The van der Waals surface area contributed by atoms with E-state index in [1.165, 1.54) is 4.88 Å². The van der Waals surface area contributed by atoms with Gasteiger partial charge in [-0.2, -0.15) is 0 Å². The van der Waals surface area contributed by atoms with Crippen molar-refractivity contribution >= 4 is 23.6 Å². The Morgan fingerprint density at radius 1 is 1.41 bits per heavy atom. The van der Waals surface area contributed by atoms with Crippen LogP contribution in [0.4, 0.5) is 0 Å². The molecule has 1 heterocycles. The van der Waals surface area contributed by atoms with E-state index in [-0.39, 0.29) is 0 Å². The molecule has 90 valence electrons. The fourth-order valence-electron chi connectivity index (χ4n) is 1.63. The topological polar surface area (TPSA) is 25.0 Å². The van der Waals surface area contributed by atoms with Crippen molar-refractivity contribution in [2.75, 3.05) is 6.61 Å². The second-order valence-corrected chi connectivity index (χ2v) is 5.53. The number of hydrogen-bond donors (Lipinski definition) is 1. The van der Waals surface area contributed by atoms with Gasteiger partial charge in [0.05, 0.1) is 11.5 Å². The molecule has 0 bridgehead atoms. The Hall–Kier alpha value is -1.13. The molecule has 17 heavy (non-hydrogen) atoms. The minimum atomic E-state index is 0.755. The number of nitrogens with one attached hydrogen (secondary N) is 1. The highest BCUT2D eigenvalue weighted by atomic mass is 32.1. The summed E-state index contributed by atoms with van der Waals surface area (Å²) in [6.45, 7) is 4.90. The second-order valence-electron chi connectivity index (χ2n) is 3.84. The summed E-state index contributed by atoms with van der Waals surface area (Å²) in [6, 6.07) is 8.15. The molecule has 0 spiro atoms. The van der Waals surface area contributed by atoms with Gasteiger partial charge in [-0.25, -0.2) is 0 Å². The lowest BCUT2D eigenvalue weighted by Gasteiger charge is -2.06. The monoisotopic (exact) mass is 265 g/mol. The summed E-state index contributed by atoms with van der Waals surface area (Å²) in [6.07, 6.45) is 1.02. The van der Waals surface area contributed by atoms with Gasteiger partial charge in [-0.1, -0.05) is 19.1 Å². The van der Waals surface area contributed by atoms with Crippen molar-refractivity contribution < 1.29 is 4.74 Å². The van der Waals surface area contributed by atoms with Crippen LogP contribution in [0.3, 0.4) is 0 Å². The van der Waals surface area contributed by atoms with Crippen molar-refractivity contribution in [3.05, 3.63) is 33.9 Å². The van der Waals surface area contributed by atoms with Gasteiger partial charge in [-0.05, 0) is 43.3 Å². The van der Waals surface area contributed by atoms with E-state index in [0.717, 1.165) is 34.0 Å². The van der Waals surface area contributed by atoms with Crippen LogP contribution in [0.5, 0.6) is 5.75 Å². The maximum atomic E-state index is 5.63. The van der Waals surface area contributed by atoms with E-state index >= 15 is 0 Å². The van der Waals surface area contributed by atoms with Crippen LogP contribution in [0, 0.1) is 10.9 Å². The molecule has 0 aliphatic carbocycles. The molecule has 0 unspecified atom stereocenters. The van der Waals surface area contributed by atoms with Gasteiger partial charge in [0.25, 0.3) is 0 Å². The molecule has 1 aromatic carbocycles. The summed E-state index contributed by atoms with van der Waals surface area (Å²) in [5.41, 5.74) is 2.28. The number of aromatic nitrogens is 1. The zero-order chi connectivity index (χ0) is 12.3. The van der Waals surface area contributed by atoms with E-state index in [0.29, 0.717) is 0 Å². The summed E-state index contributed by atoms with van der Waals surface area (Å²) in [5, 5.41) is 0. The number of ether oxygens (including phenoxy) is 1. The molecular weight excluding hydrogens is 250 g/mol. The molecule has 1 aromatic heterocycles. The lowest BCUT2D eigenvalue weighted by molar-refractivity contribution is 0.317. The largest absolute Gasteiger partial charge is 0.494 e. The van der Waals surface area contributed by atoms with Crippen LogP contribution in [0.15, 0.2) is 24.3 Å². The fraction of sp³-hybridized carbons (Fsp3) is 0.308. The van der Waals surface area contributed by atoms with Gasteiger partial charge in [-0.15, -0.1) is 11.3 Å². The molecule has 0 saturated carbocycles. The van der Waals surface area contributed by atoms with Gasteiger partial charge in [-0.3, -0.25) is 0 Å². The number of benzene rings is 1. The summed E-state index contributed by atoms with van der Waals surface area (Å²) in [5.74, 6) is 0.920. The van der Waals surface area contributed by atoms with Gasteiger partial charge >= 0.3 is 0 Å². The van der Waals surface area contributed by atoms with E-state index in [1.54, 1.807) is 11.3 Å². The summed E-state index contributed by atoms with van der Waals surface area (Å²) in [4.78, 5) is 4.35. The quantitative estimate of drug-likeness (QED) is 0.819. The van der Waals surface area contributed by atoms with Gasteiger partial charge in [0, 0.05) is 5.69 Å². The van der Waals surface area contributed by atoms with Crippen molar-refractivity contribution in [3.63, 3.8) is 0 Å². The molecule has 0 atom stereocenters. The molecule has 0 fully saturated rings. The number of H-pyrrole nitrogens is 1. The molecule has 0 aliphatic rings. The van der Waals surface area contributed by atoms with Crippen molar-refractivity contribution in [1.82, 2.24) is 4.98 Å². The van der Waals surface area contributed by atoms with Crippen molar-refractivity contribution in [3.8, 4) is 16.2 Å². The van der Waals surface area contributed by atoms with Crippen LogP contribution in [0.2, 0.25) is 0 Å². The highest BCUT2D eigenvalue weighted by Gasteiger charge is 2.06. The number of thiazole rings is 1. The average Bonchev–Trinajstić information content (AvgIpc) is 2.66. The van der Waals surface area contributed by atoms with Gasteiger partial charge in [0.1, 0.15) is 5.75 Å². The van der Waals surface area contributed by atoms with Gasteiger partial charge < -0.3 is 9.72 Å². The predicted molar refractivity (Wildman–Crippen MR) is 75.5 cm³/mol. The van der Waals surface area contributed by atoms with E-state index in [2.05, 4.69) is 24.0 Å². The molecule has 1 N–H and O–H groups in total. The first-order valence-electron chi connectivity index (χ1n) is 5.63. The molecule has 2 aromatic rings. The van der Waals surface area contributed by atoms with Gasteiger partial charge in [0.2, 0.25) is 0 Å². The third kappa shape index (κ3) is 2.96. The number of hydrogen-bond acceptors (Lipinski definition) is 3. The average molecular weight is 265 g/mol. The molecule has 2 rings (SSSR count). The van der Waals surface area contributed by atoms with E-state index < -0.39 is 0 Å². The Kier molecular flexibility index (Phi) is 3.97. The zero-order valence-corrected chi connectivity index (χ0v) is 11.6. The highest BCUT2D eigenvalue weighted by Crippen LogP contribution is 2.30. The molecule has 2 nitrogen and oxygen atoms in total. The molecular formula is C13H15NOS2. The standard InChI is InChI=1S/C13H15NOS2/c1-3-7-15-11-6-4-5-10(8-11)12-9(2)14-13(16)17-12/h4-6,8H,3,7H2,1-2H3,(H,14,16). The third-order valence-electron chi connectivity index (χ3n) is 2.39. The maximum Gasteiger partial charge on any atom is 0.159 e. The van der Waals surface area contributed by atoms with Crippen molar-refractivity contribution in [2.24, 2.45) is 0 Å². The van der Waals surface area contributed by atoms with Crippen LogP contribution in [0.25, 0.3) is 10.4 Å².